The van der Waals surface area contributed by atoms with Crippen LogP contribution >= 0.6 is 0 Å². The van der Waals surface area contributed by atoms with E-state index in [4.69, 9.17) is 9.84 Å². The molecule has 1 atom stereocenters. The van der Waals surface area contributed by atoms with Gasteiger partial charge in [-0.25, -0.2) is 0 Å². The minimum Gasteiger partial charge on any atom is -0.481 e. The van der Waals surface area contributed by atoms with Gasteiger partial charge in [0.25, 0.3) is 0 Å². The van der Waals surface area contributed by atoms with Crippen LogP contribution in [0.15, 0.2) is 0 Å². The first-order chi connectivity index (χ1) is 7.59. The molecule has 4 heteroatoms. The van der Waals surface area contributed by atoms with Crippen LogP contribution in [0.4, 0.5) is 0 Å². The van der Waals surface area contributed by atoms with Gasteiger partial charge in [0.2, 0.25) is 0 Å². The van der Waals surface area contributed by atoms with Crippen LogP contribution < -0.4 is 0 Å². The van der Waals surface area contributed by atoms with Crippen LogP contribution in [-0.2, 0) is 9.53 Å². The monoisotopic (exact) mass is 229 g/mol. The lowest BCUT2D eigenvalue weighted by Gasteiger charge is -2.23. The number of carbonyl (C=O) groups is 1. The molecule has 94 valence electrons. The van der Waals surface area contributed by atoms with Gasteiger partial charge in [0, 0.05) is 19.2 Å². The first kappa shape index (κ1) is 13.5. The SMILES string of the molecule is CC(C)COCCN1CCCC1CC(=O)O. The fraction of sp³-hybridized carbons (Fsp3) is 0.917. The van der Waals surface area contributed by atoms with Crippen LogP contribution in [0, 0.1) is 5.92 Å². The van der Waals surface area contributed by atoms with E-state index in [1.54, 1.807) is 0 Å². The molecule has 0 aromatic carbocycles. The molecule has 0 aromatic rings. The maximum Gasteiger partial charge on any atom is 0.304 e. The molecule has 0 saturated carbocycles. The Kier molecular flexibility index (Phi) is 5.77. The Labute approximate surface area is 97.6 Å². The van der Waals surface area contributed by atoms with Crippen molar-refractivity contribution < 1.29 is 14.6 Å². The molecule has 1 heterocycles. The number of nitrogens with zero attached hydrogens (tertiary/aromatic N) is 1. The van der Waals surface area contributed by atoms with Gasteiger partial charge in [0.1, 0.15) is 0 Å². The highest BCUT2D eigenvalue weighted by atomic mass is 16.5. The van der Waals surface area contributed by atoms with Gasteiger partial charge in [0.05, 0.1) is 13.0 Å². The van der Waals surface area contributed by atoms with E-state index in [0.29, 0.717) is 12.5 Å². The van der Waals surface area contributed by atoms with Crippen LogP contribution in [0.1, 0.15) is 33.1 Å². The molecule has 4 nitrogen and oxygen atoms in total. The van der Waals surface area contributed by atoms with Crippen LogP contribution in [0.5, 0.6) is 0 Å². The molecule has 1 saturated heterocycles. The molecule has 0 bridgehead atoms. The van der Waals surface area contributed by atoms with Crippen molar-refractivity contribution in [2.45, 2.75) is 39.2 Å². The third-order valence-electron chi connectivity index (χ3n) is 2.88. The van der Waals surface area contributed by atoms with Gasteiger partial charge < -0.3 is 9.84 Å². The number of rotatable bonds is 7. The van der Waals surface area contributed by atoms with Crippen molar-refractivity contribution in [1.29, 1.82) is 0 Å². The van der Waals surface area contributed by atoms with Crippen molar-refractivity contribution >= 4 is 5.97 Å². The van der Waals surface area contributed by atoms with Gasteiger partial charge >= 0.3 is 5.97 Å². The summed E-state index contributed by atoms with van der Waals surface area (Å²) < 4.78 is 5.52. The van der Waals surface area contributed by atoms with E-state index in [1.807, 2.05) is 0 Å². The highest BCUT2D eigenvalue weighted by Gasteiger charge is 2.25. The van der Waals surface area contributed by atoms with E-state index >= 15 is 0 Å². The van der Waals surface area contributed by atoms with Crippen LogP contribution in [-0.4, -0.2) is 48.3 Å². The average molecular weight is 229 g/mol. The average Bonchev–Trinajstić information content (AvgIpc) is 2.59. The predicted molar refractivity (Wildman–Crippen MR) is 62.5 cm³/mol. The molecule has 0 spiro atoms. The number of ether oxygens (including phenoxy) is 1. The topological polar surface area (TPSA) is 49.8 Å². The van der Waals surface area contributed by atoms with E-state index in [1.165, 1.54) is 0 Å². The highest BCUT2D eigenvalue weighted by Crippen LogP contribution is 2.19. The Hall–Kier alpha value is -0.610. The number of likely N-dealkylation sites (tertiary alicyclic amines) is 1. The fourth-order valence-corrected chi connectivity index (χ4v) is 2.12. The van der Waals surface area contributed by atoms with E-state index in [9.17, 15) is 4.79 Å². The predicted octanol–water partition coefficient (Wildman–Crippen LogP) is 1.60. The first-order valence-electron chi connectivity index (χ1n) is 6.13. The third kappa shape index (κ3) is 4.94. The third-order valence-corrected chi connectivity index (χ3v) is 2.88. The lowest BCUT2D eigenvalue weighted by molar-refractivity contribution is -0.138. The lowest BCUT2D eigenvalue weighted by atomic mass is 10.1. The first-order valence-corrected chi connectivity index (χ1v) is 6.13. The minimum atomic E-state index is -0.694. The molecule has 1 unspecified atom stereocenters. The highest BCUT2D eigenvalue weighted by molar-refractivity contribution is 5.67. The zero-order valence-corrected chi connectivity index (χ0v) is 10.3. The molecule has 0 radical (unpaired) electrons. The van der Waals surface area contributed by atoms with E-state index in [-0.39, 0.29) is 12.5 Å². The summed E-state index contributed by atoms with van der Waals surface area (Å²) in [5.74, 6) is -0.131. The molecule has 1 fully saturated rings. The summed E-state index contributed by atoms with van der Waals surface area (Å²) in [6.45, 7) is 7.64. The van der Waals surface area contributed by atoms with Crippen molar-refractivity contribution in [3.8, 4) is 0 Å². The van der Waals surface area contributed by atoms with E-state index in [2.05, 4.69) is 18.7 Å². The van der Waals surface area contributed by atoms with Gasteiger partial charge in [-0.15, -0.1) is 0 Å². The smallest absolute Gasteiger partial charge is 0.304 e. The lowest BCUT2D eigenvalue weighted by Crippen LogP contribution is -2.34. The zero-order valence-electron chi connectivity index (χ0n) is 10.3. The van der Waals surface area contributed by atoms with Gasteiger partial charge in [0.15, 0.2) is 0 Å². The second kappa shape index (κ2) is 6.86. The van der Waals surface area contributed by atoms with Gasteiger partial charge in [-0.05, 0) is 25.3 Å². The molecular formula is C12H23NO3. The molecule has 1 rings (SSSR count). The molecule has 1 aliphatic rings. The second-order valence-corrected chi connectivity index (χ2v) is 4.90. The Bertz CT molecular complexity index is 218. The van der Waals surface area contributed by atoms with Crippen LogP contribution in [0.2, 0.25) is 0 Å². The van der Waals surface area contributed by atoms with Crippen LogP contribution in [0.3, 0.4) is 0 Å². The standard InChI is InChI=1S/C12H23NO3/c1-10(2)9-16-7-6-13-5-3-4-11(13)8-12(14)15/h10-11H,3-9H2,1-2H3,(H,14,15). The largest absolute Gasteiger partial charge is 0.481 e. The fourth-order valence-electron chi connectivity index (χ4n) is 2.12. The molecule has 1 aliphatic heterocycles. The maximum absolute atomic E-state index is 10.7. The zero-order chi connectivity index (χ0) is 12.0. The minimum absolute atomic E-state index is 0.222. The van der Waals surface area contributed by atoms with Crippen molar-refractivity contribution in [1.82, 2.24) is 4.90 Å². The van der Waals surface area contributed by atoms with Crippen LogP contribution in [0.25, 0.3) is 0 Å². The number of hydrogen-bond acceptors (Lipinski definition) is 3. The Morgan fingerprint density at radius 2 is 2.31 bits per heavy atom. The number of carboxylic acid groups (broad SMARTS) is 1. The summed E-state index contributed by atoms with van der Waals surface area (Å²) in [4.78, 5) is 12.9. The summed E-state index contributed by atoms with van der Waals surface area (Å²) in [7, 11) is 0. The summed E-state index contributed by atoms with van der Waals surface area (Å²) in [5, 5.41) is 8.78. The van der Waals surface area contributed by atoms with Crippen molar-refractivity contribution in [3.63, 3.8) is 0 Å². The van der Waals surface area contributed by atoms with E-state index in [0.717, 1.165) is 32.5 Å². The summed E-state index contributed by atoms with van der Waals surface area (Å²) >= 11 is 0. The molecule has 0 aliphatic carbocycles. The molecule has 1 N–H and O–H groups in total. The van der Waals surface area contributed by atoms with Gasteiger partial charge in [-0.1, -0.05) is 13.8 Å². The Balaban J connectivity index is 2.17. The van der Waals surface area contributed by atoms with Crippen molar-refractivity contribution in [3.05, 3.63) is 0 Å². The second-order valence-electron chi connectivity index (χ2n) is 4.90. The number of carboxylic acids is 1. The quantitative estimate of drug-likeness (QED) is 0.674. The van der Waals surface area contributed by atoms with E-state index < -0.39 is 5.97 Å². The van der Waals surface area contributed by atoms with Crippen molar-refractivity contribution in [2.24, 2.45) is 5.92 Å². The summed E-state index contributed by atoms with van der Waals surface area (Å²) in [6.07, 6.45) is 2.39. The number of aliphatic carboxylic acids is 1. The molecule has 16 heavy (non-hydrogen) atoms. The Morgan fingerprint density at radius 1 is 1.56 bits per heavy atom. The number of hydrogen-bond donors (Lipinski definition) is 1. The summed E-state index contributed by atoms with van der Waals surface area (Å²) in [5.41, 5.74) is 0. The molecular weight excluding hydrogens is 206 g/mol. The van der Waals surface area contributed by atoms with Gasteiger partial charge in [-0.3, -0.25) is 9.69 Å². The Morgan fingerprint density at radius 3 is 2.94 bits per heavy atom. The maximum atomic E-state index is 10.7. The molecule has 0 aromatic heterocycles. The van der Waals surface area contributed by atoms with Gasteiger partial charge in [-0.2, -0.15) is 0 Å². The summed E-state index contributed by atoms with van der Waals surface area (Å²) in [6, 6.07) is 0.222. The normalized spacial score (nSPS) is 21.8. The molecule has 0 amide bonds. The van der Waals surface area contributed by atoms with Crippen molar-refractivity contribution in [2.75, 3.05) is 26.3 Å².